The van der Waals surface area contributed by atoms with Gasteiger partial charge in [0.2, 0.25) is 0 Å². The minimum Gasteiger partial charge on any atom is -0.397 e. The Labute approximate surface area is 186 Å². The number of carbonyl (C=O) groups is 1. The van der Waals surface area contributed by atoms with Crippen molar-refractivity contribution >= 4 is 44.4 Å². The Kier molecular flexibility index (Phi) is 5.10. The maximum absolute atomic E-state index is 13.5. The van der Waals surface area contributed by atoms with Crippen LogP contribution in [0.25, 0.3) is 31.9 Å². The second kappa shape index (κ2) is 8.06. The van der Waals surface area contributed by atoms with Crippen molar-refractivity contribution in [3.05, 3.63) is 94.4 Å². The molecule has 3 aromatic heterocycles. The standard InChI is InChI=1S/C25H17FN2OS2/c26-17-10-8-16(9-11-17)18-14-19(21-7-4-12-30-21)28-25-22(18)23(27)24(31-25)20(29)13-15-5-2-1-3-6-15/h1-12,14H,13,27H2. The molecule has 0 amide bonds. The van der Waals surface area contributed by atoms with Crippen LogP contribution in [0.15, 0.2) is 78.2 Å². The summed E-state index contributed by atoms with van der Waals surface area (Å²) in [6, 6.07) is 21.9. The lowest BCUT2D eigenvalue weighted by molar-refractivity contribution is 0.0997. The third kappa shape index (κ3) is 3.76. The highest BCUT2D eigenvalue weighted by molar-refractivity contribution is 7.21. The molecule has 0 unspecified atom stereocenters. The number of fused-ring (bicyclic) bond motifs is 1. The first-order chi connectivity index (χ1) is 15.1. The minimum atomic E-state index is -0.301. The summed E-state index contributed by atoms with van der Waals surface area (Å²) in [6.07, 6.45) is 0.279. The van der Waals surface area contributed by atoms with Crippen LogP contribution >= 0.6 is 22.7 Å². The smallest absolute Gasteiger partial charge is 0.179 e. The number of anilines is 1. The van der Waals surface area contributed by atoms with Crippen LogP contribution in [0, 0.1) is 5.82 Å². The molecule has 0 aliphatic heterocycles. The fourth-order valence-corrected chi connectivity index (χ4v) is 5.34. The molecule has 5 aromatic rings. The molecule has 6 heteroatoms. The summed E-state index contributed by atoms with van der Waals surface area (Å²) in [5, 5.41) is 2.74. The Balaban J connectivity index is 1.68. The normalized spacial score (nSPS) is 11.1. The number of carbonyl (C=O) groups excluding carboxylic acids is 1. The van der Waals surface area contributed by atoms with E-state index in [-0.39, 0.29) is 18.0 Å². The van der Waals surface area contributed by atoms with E-state index in [0.29, 0.717) is 15.4 Å². The van der Waals surface area contributed by atoms with Crippen molar-refractivity contribution in [2.75, 3.05) is 5.73 Å². The summed E-state index contributed by atoms with van der Waals surface area (Å²) in [4.78, 5) is 20.1. The topological polar surface area (TPSA) is 56.0 Å². The second-order valence-corrected chi connectivity index (χ2v) is 9.10. The van der Waals surface area contributed by atoms with E-state index in [4.69, 9.17) is 10.7 Å². The van der Waals surface area contributed by atoms with Crippen LogP contribution in [0.3, 0.4) is 0 Å². The van der Waals surface area contributed by atoms with Gasteiger partial charge in [-0.15, -0.1) is 22.7 Å². The van der Waals surface area contributed by atoms with Gasteiger partial charge in [0, 0.05) is 11.8 Å². The van der Waals surface area contributed by atoms with E-state index in [9.17, 15) is 9.18 Å². The van der Waals surface area contributed by atoms with Crippen LogP contribution in [0.1, 0.15) is 15.2 Å². The molecular weight excluding hydrogens is 427 g/mol. The van der Waals surface area contributed by atoms with E-state index in [2.05, 4.69) is 0 Å². The Hall–Kier alpha value is -3.35. The molecule has 0 saturated carbocycles. The zero-order valence-electron chi connectivity index (χ0n) is 16.3. The summed E-state index contributed by atoms with van der Waals surface area (Å²) in [5.41, 5.74) is 10.4. The molecule has 0 aliphatic rings. The molecule has 31 heavy (non-hydrogen) atoms. The maximum Gasteiger partial charge on any atom is 0.179 e. The van der Waals surface area contributed by atoms with E-state index in [1.165, 1.54) is 23.5 Å². The van der Waals surface area contributed by atoms with E-state index in [1.807, 2.05) is 53.9 Å². The highest BCUT2D eigenvalue weighted by Gasteiger charge is 2.22. The van der Waals surface area contributed by atoms with Crippen molar-refractivity contribution in [3.63, 3.8) is 0 Å². The molecule has 2 aromatic carbocycles. The average Bonchev–Trinajstić information content (AvgIpc) is 3.43. The number of ketones is 1. The summed E-state index contributed by atoms with van der Waals surface area (Å²) in [7, 11) is 0. The van der Waals surface area contributed by atoms with E-state index in [0.717, 1.165) is 32.6 Å². The molecule has 5 rings (SSSR count). The Morgan fingerprint density at radius 2 is 1.77 bits per heavy atom. The predicted octanol–water partition coefficient (Wildman–Crippen LogP) is 6.84. The summed E-state index contributed by atoms with van der Waals surface area (Å²) in [6.45, 7) is 0. The number of Topliss-reactive ketones (excluding diaryl/α,β-unsaturated/α-hetero) is 1. The number of nitrogens with zero attached hydrogens (tertiary/aromatic N) is 1. The highest BCUT2D eigenvalue weighted by Crippen LogP contribution is 2.42. The largest absolute Gasteiger partial charge is 0.397 e. The number of benzene rings is 2. The maximum atomic E-state index is 13.5. The third-order valence-corrected chi connectivity index (χ3v) is 7.12. The van der Waals surface area contributed by atoms with E-state index in [1.54, 1.807) is 23.5 Å². The van der Waals surface area contributed by atoms with Crippen molar-refractivity contribution < 1.29 is 9.18 Å². The van der Waals surface area contributed by atoms with Gasteiger partial charge in [-0.2, -0.15) is 0 Å². The van der Waals surface area contributed by atoms with Crippen molar-refractivity contribution in [1.82, 2.24) is 4.98 Å². The van der Waals surface area contributed by atoms with Gasteiger partial charge in [0.15, 0.2) is 5.78 Å². The monoisotopic (exact) mass is 444 g/mol. The van der Waals surface area contributed by atoms with Crippen molar-refractivity contribution in [3.8, 4) is 21.7 Å². The summed E-state index contributed by atoms with van der Waals surface area (Å²) in [5.74, 6) is -0.334. The van der Waals surface area contributed by atoms with Crippen LogP contribution in [0.2, 0.25) is 0 Å². The number of thiophene rings is 2. The van der Waals surface area contributed by atoms with E-state index < -0.39 is 0 Å². The van der Waals surface area contributed by atoms with Crippen molar-refractivity contribution in [2.24, 2.45) is 0 Å². The lowest BCUT2D eigenvalue weighted by atomic mass is 10.00. The predicted molar refractivity (Wildman–Crippen MR) is 127 cm³/mol. The number of aromatic nitrogens is 1. The van der Waals surface area contributed by atoms with Gasteiger partial charge in [-0.05, 0) is 46.3 Å². The van der Waals surface area contributed by atoms with E-state index >= 15 is 0 Å². The molecule has 2 N–H and O–H groups in total. The Bertz CT molecular complexity index is 1380. The molecule has 0 aliphatic carbocycles. The average molecular weight is 445 g/mol. The van der Waals surface area contributed by atoms with Gasteiger partial charge in [0.1, 0.15) is 10.6 Å². The van der Waals surface area contributed by atoms with Gasteiger partial charge in [-0.3, -0.25) is 4.79 Å². The number of nitrogen functional groups attached to an aromatic ring is 1. The van der Waals surface area contributed by atoms with Gasteiger partial charge < -0.3 is 5.73 Å². The van der Waals surface area contributed by atoms with Crippen LogP contribution in [0.4, 0.5) is 10.1 Å². The molecule has 0 atom stereocenters. The number of rotatable bonds is 5. The number of hydrogen-bond donors (Lipinski definition) is 1. The van der Waals surface area contributed by atoms with Crippen LogP contribution < -0.4 is 5.73 Å². The fourth-order valence-electron chi connectivity index (χ4n) is 3.60. The zero-order chi connectivity index (χ0) is 21.4. The first-order valence-electron chi connectivity index (χ1n) is 9.70. The molecule has 0 spiro atoms. The van der Waals surface area contributed by atoms with Crippen LogP contribution in [0.5, 0.6) is 0 Å². The fraction of sp³-hybridized carbons (Fsp3) is 0.0400. The van der Waals surface area contributed by atoms with Crippen LogP contribution in [-0.4, -0.2) is 10.8 Å². The molecule has 0 radical (unpaired) electrons. The molecular formula is C25H17FN2OS2. The molecule has 0 fully saturated rings. The number of halogens is 1. The highest BCUT2D eigenvalue weighted by atomic mass is 32.1. The SMILES string of the molecule is Nc1c(C(=O)Cc2ccccc2)sc2nc(-c3cccs3)cc(-c3ccc(F)cc3)c12. The van der Waals surface area contributed by atoms with Gasteiger partial charge in [0.05, 0.1) is 21.1 Å². The molecule has 0 saturated heterocycles. The Morgan fingerprint density at radius 3 is 2.48 bits per heavy atom. The minimum absolute atomic E-state index is 0.0329. The van der Waals surface area contributed by atoms with Gasteiger partial charge >= 0.3 is 0 Å². The van der Waals surface area contributed by atoms with Gasteiger partial charge in [-0.25, -0.2) is 9.37 Å². The van der Waals surface area contributed by atoms with Crippen molar-refractivity contribution in [1.29, 1.82) is 0 Å². The zero-order valence-corrected chi connectivity index (χ0v) is 18.0. The lowest BCUT2D eigenvalue weighted by Gasteiger charge is -2.08. The first-order valence-corrected chi connectivity index (χ1v) is 11.4. The number of pyridine rings is 1. The number of hydrogen-bond acceptors (Lipinski definition) is 5. The summed E-state index contributed by atoms with van der Waals surface area (Å²) >= 11 is 2.91. The number of nitrogens with two attached hydrogens (primary N) is 1. The first kappa shape index (κ1) is 19.6. The quantitative estimate of drug-likeness (QED) is 0.302. The molecule has 3 heterocycles. The second-order valence-electron chi connectivity index (χ2n) is 7.15. The van der Waals surface area contributed by atoms with Gasteiger partial charge in [-0.1, -0.05) is 48.5 Å². The molecule has 0 bridgehead atoms. The van der Waals surface area contributed by atoms with Gasteiger partial charge in [0.25, 0.3) is 0 Å². The summed E-state index contributed by atoms with van der Waals surface area (Å²) < 4.78 is 13.5. The Morgan fingerprint density at radius 1 is 1.00 bits per heavy atom. The van der Waals surface area contributed by atoms with Crippen LogP contribution in [-0.2, 0) is 6.42 Å². The van der Waals surface area contributed by atoms with Crippen molar-refractivity contribution in [2.45, 2.75) is 6.42 Å². The molecule has 3 nitrogen and oxygen atoms in total. The molecule has 152 valence electrons. The lowest BCUT2D eigenvalue weighted by Crippen LogP contribution is -2.04. The third-order valence-electron chi connectivity index (χ3n) is 5.09.